The summed E-state index contributed by atoms with van der Waals surface area (Å²) in [4.78, 5) is 3.55. The lowest BCUT2D eigenvalue weighted by Gasteiger charge is -1.82. The van der Waals surface area contributed by atoms with E-state index < -0.39 is 0 Å². The largest absolute Gasteiger partial charge is 0.218 e. The Hall–Kier alpha value is -0.700. The van der Waals surface area contributed by atoms with Crippen molar-refractivity contribution < 1.29 is 20.3 Å². The summed E-state index contributed by atoms with van der Waals surface area (Å²) in [7, 11) is 0. The van der Waals surface area contributed by atoms with Gasteiger partial charge < -0.3 is 0 Å². The van der Waals surface area contributed by atoms with E-state index in [-0.39, 0.29) is 0 Å². The molecular weight excluding hydrogens is 138 g/mol. The van der Waals surface area contributed by atoms with Gasteiger partial charge in [-0.2, -0.15) is 4.99 Å². The topological polar surface area (TPSA) is 85.0 Å². The van der Waals surface area contributed by atoms with Crippen molar-refractivity contribution in [2.24, 2.45) is 15.0 Å². The molecule has 0 aromatic rings. The first-order chi connectivity index (χ1) is 3.91. The monoisotopic (exact) mass is 139 g/mol. The van der Waals surface area contributed by atoms with E-state index in [0.29, 0.717) is 0 Å². The quantitative estimate of drug-likeness (QED) is 0.263. The molecule has 0 rings (SSSR count). The number of rotatable bonds is 4. The summed E-state index contributed by atoms with van der Waals surface area (Å²) in [5.41, 5.74) is 0. The third kappa shape index (κ3) is 5.30. The molecule has 0 atom stereocenters. The summed E-state index contributed by atoms with van der Waals surface area (Å²) in [5, 5.41) is 19.0. The van der Waals surface area contributed by atoms with Gasteiger partial charge in [-0.3, -0.25) is 0 Å². The Morgan fingerprint density at radius 3 is 2.75 bits per heavy atom. The average Bonchev–Trinajstić information content (AvgIpc) is 1.81. The Bertz CT molecular complexity index is 81.4. The molecule has 0 aromatic carbocycles. The normalized spacial score (nSPS) is 9.62. The molecule has 0 heterocycles. The van der Waals surface area contributed by atoms with Crippen molar-refractivity contribution in [3.8, 4) is 0 Å². The summed E-state index contributed by atoms with van der Waals surface area (Å²) in [5.74, 6) is 0. The van der Waals surface area contributed by atoms with Crippen LogP contribution in [0.15, 0.2) is 15.0 Å². The Labute approximate surface area is 48.8 Å². The molecule has 0 aliphatic rings. The highest BCUT2D eigenvalue weighted by Crippen LogP contribution is 1.80. The lowest BCUT2D eigenvalue weighted by Crippen LogP contribution is -1.83. The first-order valence-corrected chi connectivity index (χ1v) is 1.65. The van der Waals surface area contributed by atoms with Crippen LogP contribution < -0.4 is 0 Å². The molecule has 0 aliphatic heterocycles. The minimum absolute atomic E-state index is 2.63. The van der Waals surface area contributed by atoms with Crippen LogP contribution in [0.1, 0.15) is 0 Å². The fourth-order valence-corrected chi connectivity index (χ4v) is 0.0868. The summed E-state index contributed by atoms with van der Waals surface area (Å²) >= 11 is 3.93. The first kappa shape index (κ1) is 7.30. The second-order valence-electron chi connectivity index (χ2n) is 0.470. The van der Waals surface area contributed by atoms with Crippen molar-refractivity contribution in [2.75, 3.05) is 0 Å². The molecule has 46 valence electrons. The molecule has 0 fully saturated rings. The third-order valence-corrected chi connectivity index (χ3v) is 0.240. The Morgan fingerprint density at radius 2 is 2.25 bits per heavy atom. The Kier molecular flexibility index (Phi) is 5.75. The van der Waals surface area contributed by atoms with Crippen LogP contribution in [-0.4, -0.2) is 5.26 Å². The van der Waals surface area contributed by atoms with Crippen LogP contribution in [0.4, 0.5) is 0 Å². The van der Waals surface area contributed by atoms with E-state index >= 15 is 0 Å². The van der Waals surface area contributed by atoms with Crippen LogP contribution in [0.25, 0.3) is 0 Å². The van der Waals surface area contributed by atoms with E-state index in [1.807, 2.05) is 0 Å². The highest BCUT2D eigenvalue weighted by molar-refractivity contribution is 7.47. The molecule has 0 bridgehead atoms. The van der Waals surface area contributed by atoms with Crippen LogP contribution in [0.5, 0.6) is 0 Å². The van der Waals surface area contributed by atoms with Crippen molar-refractivity contribution in [3.63, 3.8) is 0 Å². The molecule has 1 N–H and O–H groups in total. The lowest BCUT2D eigenvalue weighted by atomic mass is 12.7. The van der Waals surface area contributed by atoms with E-state index in [9.17, 15) is 0 Å². The second-order valence-corrected chi connectivity index (χ2v) is 0.633. The average molecular weight is 139 g/mol. The van der Waals surface area contributed by atoms with Gasteiger partial charge in [0.2, 0.25) is 0 Å². The summed E-state index contributed by atoms with van der Waals surface area (Å²) in [6.45, 7) is 0. The zero-order valence-electron chi connectivity index (χ0n) is 3.42. The Balaban J connectivity index is 2.91. The minimum atomic E-state index is 2.63. The van der Waals surface area contributed by atoms with E-state index in [1.54, 1.807) is 0 Å². The van der Waals surface area contributed by atoms with Gasteiger partial charge >= 0.3 is 0 Å². The molecule has 0 saturated carbocycles. The molecule has 0 unspecified atom stereocenters. The van der Waals surface area contributed by atoms with E-state index in [2.05, 4.69) is 42.5 Å². The molecule has 8 heavy (non-hydrogen) atoms. The fraction of sp³-hybridized carbons (Fsp3) is 0. The van der Waals surface area contributed by atoms with Crippen LogP contribution in [-0.2, 0) is 27.5 Å². The molecule has 7 nitrogen and oxygen atoms in total. The van der Waals surface area contributed by atoms with E-state index in [0.717, 1.165) is 0 Å². The minimum Gasteiger partial charge on any atom is -0.218 e. The lowest BCUT2D eigenvalue weighted by molar-refractivity contribution is -0.626. The molecule has 0 aliphatic carbocycles. The first-order valence-electron chi connectivity index (χ1n) is 1.28. The van der Waals surface area contributed by atoms with Gasteiger partial charge in [-0.05, 0) is 5.04 Å². The number of nitrogens with zero attached hydrogens (tertiary/aromatic N) is 3. The van der Waals surface area contributed by atoms with Crippen molar-refractivity contribution >= 4 is 12.4 Å². The van der Waals surface area contributed by atoms with Crippen LogP contribution in [0, 0.1) is 0 Å². The predicted molar refractivity (Wildman–Crippen MR) is 20.5 cm³/mol. The molecule has 8 heteroatoms. The van der Waals surface area contributed by atoms with Gasteiger partial charge in [-0.1, -0.05) is 4.47 Å². The van der Waals surface area contributed by atoms with Crippen molar-refractivity contribution in [1.29, 1.82) is 0 Å². The summed E-state index contributed by atoms with van der Waals surface area (Å²) in [6.07, 6.45) is 0. The highest BCUT2D eigenvalue weighted by Gasteiger charge is 1.76. The SMILES string of the molecule is OOOO/N=N/N=S. The number of hydrogen-bond donors (Lipinski definition) is 1. The second kappa shape index (κ2) is 6.30. The van der Waals surface area contributed by atoms with Crippen molar-refractivity contribution in [1.82, 2.24) is 0 Å². The molecule has 0 saturated heterocycles. The van der Waals surface area contributed by atoms with Crippen LogP contribution in [0.3, 0.4) is 0 Å². The highest BCUT2D eigenvalue weighted by atomic mass is 32.1. The maximum absolute atomic E-state index is 7.36. The van der Waals surface area contributed by atoms with Gasteiger partial charge in [-0.15, -0.1) is 0 Å². The van der Waals surface area contributed by atoms with Gasteiger partial charge in [0.1, 0.15) is 0 Å². The maximum Gasteiger partial charge on any atom is 0.0900 e. The Morgan fingerprint density at radius 1 is 1.50 bits per heavy atom. The molecule has 0 radical (unpaired) electrons. The third-order valence-electron chi connectivity index (χ3n) is 0.167. The zero-order valence-corrected chi connectivity index (χ0v) is 4.24. The van der Waals surface area contributed by atoms with Crippen LogP contribution >= 0.6 is 0 Å². The zero-order chi connectivity index (χ0) is 6.24. The molecular formula is HN3O4S. The van der Waals surface area contributed by atoms with Crippen molar-refractivity contribution in [2.45, 2.75) is 0 Å². The summed E-state index contributed by atoms with van der Waals surface area (Å²) in [6, 6.07) is 0. The maximum atomic E-state index is 7.36. The molecule has 0 aromatic heterocycles. The smallest absolute Gasteiger partial charge is 0.0900 e. The van der Waals surface area contributed by atoms with E-state index in [1.165, 1.54) is 0 Å². The van der Waals surface area contributed by atoms with Gasteiger partial charge in [0.05, 0.1) is 17.7 Å². The molecule has 0 spiro atoms. The predicted octanol–water partition coefficient (Wildman–Crippen LogP) is 0.352. The van der Waals surface area contributed by atoms with Crippen LogP contribution in [0.2, 0.25) is 0 Å². The van der Waals surface area contributed by atoms with Gasteiger partial charge in [-0.25, -0.2) is 5.26 Å². The fourth-order valence-electron chi connectivity index (χ4n) is 0.0570. The standard InChI is InChI=1S/HN3O4S/c4-6-7-5-2-1-3-8/h4H/b2-1+. The van der Waals surface area contributed by atoms with Crippen molar-refractivity contribution in [3.05, 3.63) is 0 Å². The number of hydrogen-bond acceptors (Lipinski definition) is 6. The summed E-state index contributed by atoms with van der Waals surface area (Å²) < 4.78 is 2.71. The van der Waals surface area contributed by atoms with E-state index in [4.69, 9.17) is 5.26 Å². The van der Waals surface area contributed by atoms with Gasteiger partial charge in [0, 0.05) is 10.3 Å². The van der Waals surface area contributed by atoms with Gasteiger partial charge in [0.15, 0.2) is 0 Å². The van der Waals surface area contributed by atoms with Gasteiger partial charge in [0.25, 0.3) is 0 Å². The molecule has 0 amide bonds.